The van der Waals surface area contributed by atoms with E-state index in [9.17, 15) is 5.26 Å². The summed E-state index contributed by atoms with van der Waals surface area (Å²) in [5.41, 5.74) is 7.94. The summed E-state index contributed by atoms with van der Waals surface area (Å²) in [5.74, 6) is 1.22. The van der Waals surface area contributed by atoms with Gasteiger partial charge in [-0.25, -0.2) is 9.97 Å². The number of nitriles is 1. The average molecular weight is 493 g/mol. The number of nitrogens with one attached hydrogen (secondary N) is 2. The van der Waals surface area contributed by atoms with Crippen LogP contribution < -0.4 is 10.6 Å². The number of hydrogen-bond donors (Lipinski definition) is 2. The molecule has 1 aliphatic rings. The lowest BCUT2D eigenvalue weighted by molar-refractivity contribution is 0.642. The van der Waals surface area contributed by atoms with E-state index in [1.807, 2.05) is 6.20 Å². The molecule has 1 aliphatic carbocycles. The van der Waals surface area contributed by atoms with E-state index in [1.165, 1.54) is 22.4 Å². The molecular formula is C29H32N8. The molecule has 0 fully saturated rings. The SMILES string of the molecule is CCCCNc1cnc(-c2nn(Cc3ccccc3CC)c3c2CCC3)nc1Nc1ccncc1C#N. The maximum Gasteiger partial charge on any atom is 0.182 e. The lowest BCUT2D eigenvalue weighted by Crippen LogP contribution is -2.09. The largest absolute Gasteiger partial charge is 0.381 e. The summed E-state index contributed by atoms with van der Waals surface area (Å²) in [5, 5.41) is 21.4. The predicted molar refractivity (Wildman–Crippen MR) is 146 cm³/mol. The van der Waals surface area contributed by atoms with Crippen molar-refractivity contribution in [2.75, 3.05) is 17.2 Å². The van der Waals surface area contributed by atoms with Gasteiger partial charge in [-0.3, -0.25) is 9.67 Å². The summed E-state index contributed by atoms with van der Waals surface area (Å²) in [6.07, 6.45) is 11.3. The topological polar surface area (TPSA) is 104 Å². The molecule has 0 radical (unpaired) electrons. The number of nitrogens with zero attached hydrogens (tertiary/aromatic N) is 6. The fourth-order valence-corrected chi connectivity index (χ4v) is 4.88. The minimum Gasteiger partial charge on any atom is -0.381 e. The van der Waals surface area contributed by atoms with Crippen LogP contribution in [0.15, 0.2) is 48.9 Å². The first-order valence-electron chi connectivity index (χ1n) is 13.1. The van der Waals surface area contributed by atoms with E-state index in [0.717, 1.165) is 63.0 Å². The zero-order chi connectivity index (χ0) is 25.6. The lowest BCUT2D eigenvalue weighted by atomic mass is 10.1. The van der Waals surface area contributed by atoms with Gasteiger partial charge in [0.05, 0.1) is 29.7 Å². The van der Waals surface area contributed by atoms with Gasteiger partial charge in [-0.15, -0.1) is 0 Å². The van der Waals surface area contributed by atoms with Crippen molar-refractivity contribution in [3.8, 4) is 17.6 Å². The number of pyridine rings is 1. The van der Waals surface area contributed by atoms with Crippen LogP contribution in [-0.4, -0.2) is 31.3 Å². The number of hydrogen-bond acceptors (Lipinski definition) is 7. The standard InChI is InChI=1S/C29H32N8/c1-3-5-14-32-25-18-33-29(35-28(25)34-24-13-15-31-17-22(24)16-30)27-23-11-8-12-26(23)37(36-27)19-21-10-7-6-9-20(21)4-2/h6-7,9-10,13,15,17-18,32H,3-5,8,11-12,14,19H2,1-2H3,(H,31,33,34,35). The molecular weight excluding hydrogens is 460 g/mol. The van der Waals surface area contributed by atoms with Crippen molar-refractivity contribution < 1.29 is 0 Å². The molecule has 4 aromatic rings. The molecule has 8 heteroatoms. The molecule has 8 nitrogen and oxygen atoms in total. The van der Waals surface area contributed by atoms with E-state index in [1.54, 1.807) is 18.5 Å². The molecule has 5 rings (SSSR count). The van der Waals surface area contributed by atoms with E-state index < -0.39 is 0 Å². The molecule has 3 heterocycles. The zero-order valence-corrected chi connectivity index (χ0v) is 21.5. The number of aryl methyl sites for hydroxylation is 1. The molecule has 0 atom stereocenters. The molecule has 1 aromatic carbocycles. The van der Waals surface area contributed by atoms with Crippen molar-refractivity contribution in [2.45, 2.75) is 58.9 Å². The van der Waals surface area contributed by atoms with E-state index in [2.05, 4.69) is 64.5 Å². The molecule has 2 N–H and O–H groups in total. The van der Waals surface area contributed by atoms with Crippen molar-refractivity contribution >= 4 is 17.2 Å². The van der Waals surface area contributed by atoms with Crippen molar-refractivity contribution in [2.24, 2.45) is 0 Å². The monoisotopic (exact) mass is 492 g/mol. The first-order valence-corrected chi connectivity index (χ1v) is 13.1. The second-order valence-corrected chi connectivity index (χ2v) is 9.30. The molecule has 0 spiro atoms. The van der Waals surface area contributed by atoms with Crippen LogP contribution in [0.1, 0.15) is 61.1 Å². The Labute approximate surface area is 217 Å². The van der Waals surface area contributed by atoms with Crippen molar-refractivity contribution in [3.63, 3.8) is 0 Å². The van der Waals surface area contributed by atoms with Crippen LogP contribution in [0.4, 0.5) is 17.2 Å². The predicted octanol–water partition coefficient (Wildman–Crippen LogP) is 5.66. The van der Waals surface area contributed by atoms with Crippen LogP contribution in [0.5, 0.6) is 0 Å². The minimum absolute atomic E-state index is 0.460. The molecule has 0 saturated heterocycles. The van der Waals surface area contributed by atoms with E-state index >= 15 is 0 Å². The Morgan fingerprint density at radius 3 is 2.73 bits per heavy atom. The number of benzene rings is 1. The highest BCUT2D eigenvalue weighted by Gasteiger charge is 2.26. The summed E-state index contributed by atoms with van der Waals surface area (Å²) in [7, 11) is 0. The van der Waals surface area contributed by atoms with Crippen LogP contribution in [0.25, 0.3) is 11.5 Å². The summed E-state index contributed by atoms with van der Waals surface area (Å²) >= 11 is 0. The van der Waals surface area contributed by atoms with Crippen LogP contribution >= 0.6 is 0 Å². The van der Waals surface area contributed by atoms with E-state index in [-0.39, 0.29) is 0 Å². The number of aromatic nitrogens is 5. The van der Waals surface area contributed by atoms with Gasteiger partial charge in [-0.2, -0.15) is 10.4 Å². The molecule has 0 bridgehead atoms. The molecule has 0 unspecified atom stereocenters. The molecule has 37 heavy (non-hydrogen) atoms. The highest BCUT2D eigenvalue weighted by atomic mass is 15.3. The molecule has 188 valence electrons. The lowest BCUT2D eigenvalue weighted by Gasteiger charge is -2.14. The molecule has 0 saturated carbocycles. The Morgan fingerprint density at radius 2 is 1.92 bits per heavy atom. The average Bonchev–Trinajstić information content (AvgIpc) is 3.54. The van der Waals surface area contributed by atoms with Gasteiger partial charge in [0.15, 0.2) is 11.6 Å². The summed E-state index contributed by atoms with van der Waals surface area (Å²) in [4.78, 5) is 13.7. The second-order valence-electron chi connectivity index (χ2n) is 9.30. The van der Waals surface area contributed by atoms with Crippen molar-refractivity contribution in [3.05, 3.63) is 76.9 Å². The van der Waals surface area contributed by atoms with Gasteiger partial charge in [0.1, 0.15) is 11.8 Å². The van der Waals surface area contributed by atoms with Gasteiger partial charge in [-0.05, 0) is 49.3 Å². The fraction of sp³-hybridized carbons (Fsp3) is 0.345. The van der Waals surface area contributed by atoms with Gasteiger partial charge < -0.3 is 10.6 Å². The normalized spacial score (nSPS) is 12.2. The number of fused-ring (bicyclic) bond motifs is 1. The van der Waals surface area contributed by atoms with E-state index in [0.29, 0.717) is 22.9 Å². The molecule has 3 aromatic heterocycles. The van der Waals surface area contributed by atoms with Gasteiger partial charge in [0.2, 0.25) is 0 Å². The van der Waals surface area contributed by atoms with Crippen LogP contribution in [0.3, 0.4) is 0 Å². The number of rotatable bonds is 10. The number of anilines is 3. The van der Waals surface area contributed by atoms with Crippen LogP contribution in [0.2, 0.25) is 0 Å². The third-order valence-electron chi connectivity index (χ3n) is 6.87. The highest BCUT2D eigenvalue weighted by Crippen LogP contribution is 2.33. The maximum atomic E-state index is 9.55. The van der Waals surface area contributed by atoms with E-state index in [4.69, 9.17) is 15.1 Å². The second kappa shape index (κ2) is 11.2. The van der Waals surface area contributed by atoms with Gasteiger partial charge in [0.25, 0.3) is 0 Å². The summed E-state index contributed by atoms with van der Waals surface area (Å²) in [6.45, 7) is 5.91. The molecule has 0 amide bonds. The first-order chi connectivity index (χ1) is 18.2. The van der Waals surface area contributed by atoms with Crippen LogP contribution in [-0.2, 0) is 25.8 Å². The van der Waals surface area contributed by atoms with Gasteiger partial charge in [-0.1, -0.05) is 44.5 Å². The number of unbranched alkanes of at least 4 members (excludes halogenated alkanes) is 1. The fourth-order valence-electron chi connectivity index (χ4n) is 4.88. The summed E-state index contributed by atoms with van der Waals surface area (Å²) in [6, 6.07) is 12.6. The highest BCUT2D eigenvalue weighted by molar-refractivity contribution is 5.74. The van der Waals surface area contributed by atoms with Gasteiger partial charge in [0, 0.05) is 30.2 Å². The van der Waals surface area contributed by atoms with Gasteiger partial charge >= 0.3 is 0 Å². The zero-order valence-electron chi connectivity index (χ0n) is 21.5. The minimum atomic E-state index is 0.460. The Kier molecular flexibility index (Phi) is 7.41. The quantitative estimate of drug-likeness (QED) is 0.275. The Bertz CT molecular complexity index is 1430. The maximum absolute atomic E-state index is 9.55. The Balaban J connectivity index is 1.53. The third-order valence-corrected chi connectivity index (χ3v) is 6.87. The summed E-state index contributed by atoms with van der Waals surface area (Å²) < 4.78 is 2.15. The Morgan fingerprint density at radius 1 is 1.05 bits per heavy atom. The smallest absolute Gasteiger partial charge is 0.182 e. The molecule has 0 aliphatic heterocycles. The van der Waals surface area contributed by atoms with Crippen molar-refractivity contribution in [1.29, 1.82) is 5.26 Å². The Hall–Kier alpha value is -4.25. The van der Waals surface area contributed by atoms with Crippen molar-refractivity contribution in [1.82, 2.24) is 24.7 Å². The third kappa shape index (κ3) is 5.17. The first kappa shape index (κ1) is 24.4. The van der Waals surface area contributed by atoms with Crippen LogP contribution in [0, 0.1) is 11.3 Å².